The van der Waals surface area contributed by atoms with Gasteiger partial charge in [0.2, 0.25) is 11.8 Å². The second-order valence-corrected chi connectivity index (χ2v) is 8.65. The Labute approximate surface area is 203 Å². The number of para-hydroxylation sites is 1. The molecule has 178 valence electrons. The molecule has 2 aromatic carbocycles. The molecule has 0 saturated carbocycles. The molecule has 0 fully saturated rings. The lowest BCUT2D eigenvalue weighted by Gasteiger charge is -2.15. The molecular formula is C25H29N5O3S. The molecule has 0 radical (unpaired) electrons. The lowest BCUT2D eigenvalue weighted by Crippen LogP contribution is -2.30. The smallest absolute Gasteiger partial charge is 0.234 e. The van der Waals surface area contributed by atoms with Gasteiger partial charge in [0.05, 0.1) is 25.3 Å². The first-order chi connectivity index (χ1) is 16.4. The second kappa shape index (κ2) is 12.0. The van der Waals surface area contributed by atoms with Crippen LogP contribution >= 0.6 is 11.8 Å². The number of thioether (sulfide) groups is 1. The van der Waals surface area contributed by atoms with Gasteiger partial charge in [-0.3, -0.25) is 9.59 Å². The standard InChI is InChI=1S/C25H29N5O3S/c1-5-14-30-24(18(3)26-22(31)15-19-10-12-20(33-4)13-11-19)28-29-25(30)34-16-23(32)27-21-9-7-6-8-17(21)2/h5-13,18H,1,14-16H2,2-4H3,(H,26,31)(H,27,32)/t18-/m1/s1. The number of nitrogens with one attached hydrogen (secondary N) is 2. The Morgan fingerprint density at radius 3 is 2.56 bits per heavy atom. The summed E-state index contributed by atoms with van der Waals surface area (Å²) in [5.41, 5.74) is 2.67. The molecule has 0 aliphatic carbocycles. The summed E-state index contributed by atoms with van der Waals surface area (Å²) in [4.78, 5) is 25.0. The minimum atomic E-state index is -0.367. The lowest BCUT2D eigenvalue weighted by atomic mass is 10.1. The van der Waals surface area contributed by atoms with Crippen molar-refractivity contribution in [1.82, 2.24) is 20.1 Å². The fourth-order valence-corrected chi connectivity index (χ4v) is 4.10. The van der Waals surface area contributed by atoms with Gasteiger partial charge in [-0.2, -0.15) is 0 Å². The summed E-state index contributed by atoms with van der Waals surface area (Å²) in [5, 5.41) is 15.0. The summed E-state index contributed by atoms with van der Waals surface area (Å²) < 4.78 is 7.01. The number of amides is 2. The first kappa shape index (κ1) is 25.0. The van der Waals surface area contributed by atoms with Crippen molar-refractivity contribution in [3.05, 3.63) is 78.1 Å². The third-order valence-corrected chi connectivity index (χ3v) is 6.06. The number of aromatic nitrogens is 3. The van der Waals surface area contributed by atoms with Crippen LogP contribution in [0.1, 0.15) is 29.9 Å². The fourth-order valence-electron chi connectivity index (χ4n) is 3.34. The Hall–Kier alpha value is -3.59. The maximum absolute atomic E-state index is 12.6. The van der Waals surface area contributed by atoms with E-state index in [1.807, 2.05) is 66.9 Å². The summed E-state index contributed by atoms with van der Waals surface area (Å²) in [6, 6.07) is 14.6. The van der Waals surface area contributed by atoms with Gasteiger partial charge in [-0.1, -0.05) is 48.2 Å². The Balaban J connectivity index is 1.61. The molecule has 1 atom stereocenters. The van der Waals surface area contributed by atoms with Crippen molar-refractivity contribution < 1.29 is 14.3 Å². The van der Waals surface area contributed by atoms with Gasteiger partial charge < -0.3 is 19.9 Å². The normalized spacial score (nSPS) is 11.5. The molecule has 0 spiro atoms. The minimum absolute atomic E-state index is 0.127. The molecular weight excluding hydrogens is 450 g/mol. The molecule has 2 amide bonds. The van der Waals surface area contributed by atoms with Gasteiger partial charge >= 0.3 is 0 Å². The number of aryl methyl sites for hydroxylation is 1. The van der Waals surface area contributed by atoms with E-state index in [2.05, 4.69) is 27.4 Å². The number of hydrogen-bond donors (Lipinski definition) is 2. The summed E-state index contributed by atoms with van der Waals surface area (Å²) in [7, 11) is 1.60. The molecule has 9 heteroatoms. The molecule has 1 aromatic heterocycles. The highest BCUT2D eigenvalue weighted by molar-refractivity contribution is 7.99. The minimum Gasteiger partial charge on any atom is -0.497 e. The fraction of sp³-hybridized carbons (Fsp3) is 0.280. The number of hydrogen-bond acceptors (Lipinski definition) is 6. The van der Waals surface area contributed by atoms with Gasteiger partial charge in [0, 0.05) is 12.2 Å². The van der Waals surface area contributed by atoms with Crippen LogP contribution < -0.4 is 15.4 Å². The van der Waals surface area contributed by atoms with Crippen LogP contribution in [0.5, 0.6) is 5.75 Å². The number of anilines is 1. The van der Waals surface area contributed by atoms with E-state index in [9.17, 15) is 9.59 Å². The van der Waals surface area contributed by atoms with Crippen LogP contribution in [-0.2, 0) is 22.6 Å². The largest absolute Gasteiger partial charge is 0.497 e. The SMILES string of the molecule is C=CCn1c(SCC(=O)Nc2ccccc2C)nnc1[C@@H](C)NC(=O)Cc1ccc(OC)cc1. The van der Waals surface area contributed by atoms with Crippen LogP contribution in [0.3, 0.4) is 0 Å². The molecule has 0 unspecified atom stereocenters. The van der Waals surface area contributed by atoms with E-state index >= 15 is 0 Å². The van der Waals surface area contributed by atoms with Gasteiger partial charge in [0.25, 0.3) is 0 Å². The zero-order valence-electron chi connectivity index (χ0n) is 19.6. The van der Waals surface area contributed by atoms with Gasteiger partial charge in [-0.05, 0) is 43.2 Å². The van der Waals surface area contributed by atoms with Gasteiger partial charge in [-0.15, -0.1) is 16.8 Å². The van der Waals surface area contributed by atoms with Crippen molar-refractivity contribution >= 4 is 29.3 Å². The number of allylic oxidation sites excluding steroid dienone is 1. The van der Waals surface area contributed by atoms with Crippen molar-refractivity contribution in [3.8, 4) is 5.75 Å². The summed E-state index contributed by atoms with van der Waals surface area (Å²) in [5.74, 6) is 1.27. The van der Waals surface area contributed by atoms with Gasteiger partial charge in [0.1, 0.15) is 5.75 Å². The van der Waals surface area contributed by atoms with Crippen LogP contribution in [-0.4, -0.2) is 39.4 Å². The van der Waals surface area contributed by atoms with Crippen molar-refractivity contribution in [2.24, 2.45) is 0 Å². The monoisotopic (exact) mass is 479 g/mol. The number of rotatable bonds is 11. The maximum Gasteiger partial charge on any atom is 0.234 e. The van der Waals surface area contributed by atoms with Crippen molar-refractivity contribution in [2.75, 3.05) is 18.2 Å². The number of carbonyl (C=O) groups is 2. The zero-order chi connectivity index (χ0) is 24.5. The van der Waals surface area contributed by atoms with E-state index in [1.54, 1.807) is 13.2 Å². The van der Waals surface area contributed by atoms with Gasteiger partial charge in [-0.25, -0.2) is 0 Å². The van der Waals surface area contributed by atoms with Crippen LogP contribution in [0.2, 0.25) is 0 Å². The Bertz CT molecular complexity index is 1140. The van der Waals surface area contributed by atoms with Gasteiger partial charge in [0.15, 0.2) is 11.0 Å². The Morgan fingerprint density at radius 2 is 1.88 bits per heavy atom. The number of ether oxygens (including phenoxy) is 1. The average Bonchev–Trinajstić information content (AvgIpc) is 3.22. The highest BCUT2D eigenvalue weighted by Gasteiger charge is 2.20. The van der Waals surface area contributed by atoms with E-state index in [4.69, 9.17) is 4.74 Å². The number of benzene rings is 2. The van der Waals surface area contributed by atoms with E-state index in [1.165, 1.54) is 11.8 Å². The molecule has 2 N–H and O–H groups in total. The van der Waals surface area contributed by atoms with E-state index in [0.29, 0.717) is 17.5 Å². The lowest BCUT2D eigenvalue weighted by molar-refractivity contribution is -0.121. The van der Waals surface area contributed by atoms with Crippen LogP contribution in [0.15, 0.2) is 66.3 Å². The van der Waals surface area contributed by atoms with E-state index < -0.39 is 0 Å². The quantitative estimate of drug-likeness (QED) is 0.319. The Kier molecular flexibility index (Phi) is 8.86. The third-order valence-electron chi connectivity index (χ3n) is 5.10. The molecule has 0 aliphatic heterocycles. The molecule has 8 nitrogen and oxygen atoms in total. The van der Waals surface area contributed by atoms with Crippen molar-refractivity contribution in [2.45, 2.75) is 38.0 Å². The molecule has 34 heavy (non-hydrogen) atoms. The molecule has 3 aromatic rings. The van der Waals surface area contributed by atoms with Crippen molar-refractivity contribution in [1.29, 1.82) is 0 Å². The molecule has 0 bridgehead atoms. The summed E-state index contributed by atoms with van der Waals surface area (Å²) in [6.45, 7) is 8.07. The topological polar surface area (TPSA) is 98.1 Å². The predicted octanol–water partition coefficient (Wildman–Crippen LogP) is 3.93. The van der Waals surface area contributed by atoms with E-state index in [0.717, 1.165) is 22.6 Å². The molecule has 0 aliphatic rings. The predicted molar refractivity (Wildman–Crippen MR) is 134 cm³/mol. The summed E-state index contributed by atoms with van der Waals surface area (Å²) in [6.07, 6.45) is 1.97. The van der Waals surface area contributed by atoms with Crippen LogP contribution in [0.4, 0.5) is 5.69 Å². The molecule has 3 rings (SSSR count). The number of methoxy groups -OCH3 is 1. The van der Waals surface area contributed by atoms with Crippen LogP contribution in [0, 0.1) is 6.92 Å². The molecule has 1 heterocycles. The number of nitrogens with zero attached hydrogens (tertiary/aromatic N) is 3. The maximum atomic E-state index is 12.6. The first-order valence-electron chi connectivity index (χ1n) is 10.9. The second-order valence-electron chi connectivity index (χ2n) is 7.71. The van der Waals surface area contributed by atoms with Crippen molar-refractivity contribution in [3.63, 3.8) is 0 Å². The Morgan fingerprint density at radius 1 is 1.15 bits per heavy atom. The highest BCUT2D eigenvalue weighted by Crippen LogP contribution is 2.22. The number of carbonyl (C=O) groups excluding carboxylic acids is 2. The summed E-state index contributed by atoms with van der Waals surface area (Å²) >= 11 is 1.29. The van der Waals surface area contributed by atoms with E-state index in [-0.39, 0.29) is 30.0 Å². The first-order valence-corrected chi connectivity index (χ1v) is 11.8. The zero-order valence-corrected chi connectivity index (χ0v) is 20.4. The molecule has 0 saturated heterocycles. The third kappa shape index (κ3) is 6.71. The van der Waals surface area contributed by atoms with Crippen LogP contribution in [0.25, 0.3) is 0 Å². The highest BCUT2D eigenvalue weighted by atomic mass is 32.2. The average molecular weight is 480 g/mol.